The van der Waals surface area contributed by atoms with E-state index in [4.69, 9.17) is 0 Å². The Balaban J connectivity index is 1.36. The molecule has 2 amide bonds. The number of likely N-dealkylation sites (tertiary alicyclic amines) is 1. The molecule has 27 heavy (non-hydrogen) atoms. The van der Waals surface area contributed by atoms with Gasteiger partial charge in [-0.05, 0) is 49.1 Å². The molecule has 0 aromatic heterocycles. The number of carbonyl (C=O) groups is 2. The van der Waals surface area contributed by atoms with E-state index in [1.165, 1.54) is 24.8 Å². The summed E-state index contributed by atoms with van der Waals surface area (Å²) in [4.78, 5) is 27.0. The first kappa shape index (κ1) is 19.9. The molecule has 1 aromatic rings. The van der Waals surface area contributed by atoms with Crippen LogP contribution in [0.5, 0.6) is 0 Å². The Morgan fingerprint density at radius 2 is 1.59 bits per heavy atom. The van der Waals surface area contributed by atoms with Crippen molar-refractivity contribution in [2.75, 3.05) is 13.1 Å². The van der Waals surface area contributed by atoms with Crippen LogP contribution in [0.2, 0.25) is 0 Å². The number of nitrogens with zero attached hydrogens (tertiary/aromatic N) is 1. The van der Waals surface area contributed by atoms with Crippen LogP contribution in [-0.4, -0.2) is 29.8 Å². The lowest BCUT2D eigenvalue weighted by Crippen LogP contribution is -2.43. The Hall–Kier alpha value is -1.84. The van der Waals surface area contributed by atoms with Crippen LogP contribution in [0.4, 0.5) is 0 Å². The van der Waals surface area contributed by atoms with Gasteiger partial charge in [-0.15, -0.1) is 0 Å². The molecule has 1 saturated carbocycles. The minimum absolute atomic E-state index is 0.131. The summed E-state index contributed by atoms with van der Waals surface area (Å²) in [5.74, 6) is 1.17. The molecule has 148 valence electrons. The van der Waals surface area contributed by atoms with Crippen LogP contribution < -0.4 is 5.32 Å². The third-order valence-electron chi connectivity index (χ3n) is 6.28. The van der Waals surface area contributed by atoms with Gasteiger partial charge in [0, 0.05) is 32.0 Å². The highest BCUT2D eigenvalue weighted by Gasteiger charge is 2.29. The van der Waals surface area contributed by atoms with E-state index in [2.05, 4.69) is 41.4 Å². The van der Waals surface area contributed by atoms with Crippen LogP contribution >= 0.6 is 0 Å². The van der Waals surface area contributed by atoms with Crippen molar-refractivity contribution in [1.82, 2.24) is 10.2 Å². The first-order chi connectivity index (χ1) is 13.2. The fourth-order valence-corrected chi connectivity index (χ4v) is 4.39. The van der Waals surface area contributed by atoms with Crippen molar-refractivity contribution < 1.29 is 9.59 Å². The van der Waals surface area contributed by atoms with E-state index in [0.717, 1.165) is 50.8 Å². The highest BCUT2D eigenvalue weighted by Crippen LogP contribution is 2.28. The monoisotopic (exact) mass is 370 g/mol. The summed E-state index contributed by atoms with van der Waals surface area (Å²) in [5.41, 5.74) is 2.47. The van der Waals surface area contributed by atoms with Crippen LogP contribution in [0.15, 0.2) is 24.3 Å². The second kappa shape index (κ2) is 9.91. The largest absolute Gasteiger partial charge is 0.352 e. The van der Waals surface area contributed by atoms with Gasteiger partial charge in [0.25, 0.3) is 0 Å². The molecule has 1 saturated heterocycles. The van der Waals surface area contributed by atoms with Crippen molar-refractivity contribution in [2.24, 2.45) is 11.8 Å². The van der Waals surface area contributed by atoms with E-state index in [1.54, 1.807) is 0 Å². The molecule has 0 bridgehead atoms. The van der Waals surface area contributed by atoms with Crippen LogP contribution in [0.25, 0.3) is 0 Å². The maximum absolute atomic E-state index is 12.6. The van der Waals surface area contributed by atoms with Gasteiger partial charge in [-0.3, -0.25) is 9.59 Å². The molecule has 4 nitrogen and oxygen atoms in total. The number of benzene rings is 1. The fraction of sp³-hybridized carbons (Fsp3) is 0.652. The predicted octanol–water partition coefficient (Wildman–Crippen LogP) is 4.07. The molecule has 0 spiro atoms. The average Bonchev–Trinajstić information content (AvgIpc) is 2.73. The molecule has 1 heterocycles. The van der Waals surface area contributed by atoms with E-state index in [-0.39, 0.29) is 11.8 Å². The molecule has 1 aliphatic heterocycles. The number of hydrogen-bond acceptors (Lipinski definition) is 2. The SMILES string of the molecule is CCc1ccc(CNC(=O)CC2CCN(C(=O)C3CCCCC3)CC2)cc1. The van der Waals surface area contributed by atoms with Gasteiger partial charge in [-0.1, -0.05) is 50.5 Å². The second-order valence-electron chi connectivity index (χ2n) is 8.25. The van der Waals surface area contributed by atoms with Crippen molar-refractivity contribution >= 4 is 11.8 Å². The summed E-state index contributed by atoms with van der Waals surface area (Å²) in [6.07, 6.45) is 9.36. The highest BCUT2D eigenvalue weighted by atomic mass is 16.2. The van der Waals surface area contributed by atoms with Crippen LogP contribution in [0, 0.1) is 11.8 Å². The topological polar surface area (TPSA) is 49.4 Å². The molecule has 2 aliphatic rings. The highest BCUT2D eigenvalue weighted by molar-refractivity contribution is 5.79. The lowest BCUT2D eigenvalue weighted by Gasteiger charge is -2.35. The Morgan fingerprint density at radius 3 is 2.22 bits per heavy atom. The van der Waals surface area contributed by atoms with E-state index in [1.807, 2.05) is 0 Å². The number of nitrogens with one attached hydrogen (secondary N) is 1. The fourth-order valence-electron chi connectivity index (χ4n) is 4.39. The van der Waals surface area contributed by atoms with Crippen molar-refractivity contribution in [3.63, 3.8) is 0 Å². The molecule has 1 aliphatic carbocycles. The molecule has 2 fully saturated rings. The van der Waals surface area contributed by atoms with E-state index in [9.17, 15) is 9.59 Å². The van der Waals surface area contributed by atoms with Gasteiger partial charge in [0.05, 0.1) is 0 Å². The smallest absolute Gasteiger partial charge is 0.225 e. The van der Waals surface area contributed by atoms with Crippen LogP contribution in [0.1, 0.15) is 69.4 Å². The summed E-state index contributed by atoms with van der Waals surface area (Å²) in [7, 11) is 0. The Kier molecular flexibility index (Phi) is 7.31. The molecular formula is C23H34N2O2. The maximum Gasteiger partial charge on any atom is 0.225 e. The van der Waals surface area contributed by atoms with Gasteiger partial charge >= 0.3 is 0 Å². The van der Waals surface area contributed by atoms with Gasteiger partial charge in [-0.25, -0.2) is 0 Å². The van der Waals surface area contributed by atoms with E-state index in [0.29, 0.717) is 24.8 Å². The number of rotatable bonds is 6. The minimum atomic E-state index is 0.131. The molecule has 0 radical (unpaired) electrons. The lowest BCUT2D eigenvalue weighted by molar-refractivity contribution is -0.138. The van der Waals surface area contributed by atoms with Gasteiger partial charge in [0.1, 0.15) is 0 Å². The Bertz CT molecular complexity index is 612. The summed E-state index contributed by atoms with van der Waals surface area (Å²) in [6, 6.07) is 8.43. The summed E-state index contributed by atoms with van der Waals surface area (Å²) < 4.78 is 0. The maximum atomic E-state index is 12.6. The van der Waals surface area contributed by atoms with Gasteiger partial charge in [0.2, 0.25) is 11.8 Å². The number of aryl methyl sites for hydroxylation is 1. The number of piperidine rings is 1. The zero-order valence-electron chi connectivity index (χ0n) is 16.7. The quantitative estimate of drug-likeness (QED) is 0.820. The Morgan fingerprint density at radius 1 is 0.963 bits per heavy atom. The van der Waals surface area contributed by atoms with E-state index >= 15 is 0 Å². The second-order valence-corrected chi connectivity index (χ2v) is 8.25. The zero-order chi connectivity index (χ0) is 19.1. The first-order valence-corrected chi connectivity index (χ1v) is 10.8. The molecule has 1 N–H and O–H groups in total. The molecule has 0 atom stereocenters. The third kappa shape index (κ3) is 5.82. The molecule has 0 unspecified atom stereocenters. The minimum Gasteiger partial charge on any atom is -0.352 e. The van der Waals surface area contributed by atoms with E-state index < -0.39 is 0 Å². The van der Waals surface area contributed by atoms with Crippen LogP contribution in [0.3, 0.4) is 0 Å². The predicted molar refractivity (Wildman–Crippen MR) is 108 cm³/mol. The molecule has 3 rings (SSSR count). The first-order valence-electron chi connectivity index (χ1n) is 10.8. The normalized spacial score (nSPS) is 19.1. The van der Waals surface area contributed by atoms with Gasteiger partial charge < -0.3 is 10.2 Å². The Labute approximate surface area is 163 Å². The van der Waals surface area contributed by atoms with Crippen molar-refractivity contribution in [1.29, 1.82) is 0 Å². The lowest BCUT2D eigenvalue weighted by atomic mass is 9.87. The molecule has 4 heteroatoms. The van der Waals surface area contributed by atoms with Crippen molar-refractivity contribution in [2.45, 2.75) is 71.3 Å². The number of hydrogen-bond donors (Lipinski definition) is 1. The average molecular weight is 371 g/mol. The standard InChI is InChI=1S/C23H34N2O2/c1-2-18-8-10-20(11-9-18)17-24-22(26)16-19-12-14-25(15-13-19)23(27)21-6-4-3-5-7-21/h8-11,19,21H,2-7,12-17H2,1H3,(H,24,26). The number of amides is 2. The molecular weight excluding hydrogens is 336 g/mol. The zero-order valence-corrected chi connectivity index (χ0v) is 16.7. The summed E-state index contributed by atoms with van der Waals surface area (Å²) in [6.45, 7) is 4.39. The van der Waals surface area contributed by atoms with Gasteiger partial charge in [-0.2, -0.15) is 0 Å². The van der Waals surface area contributed by atoms with Crippen molar-refractivity contribution in [3.8, 4) is 0 Å². The van der Waals surface area contributed by atoms with Crippen molar-refractivity contribution in [3.05, 3.63) is 35.4 Å². The third-order valence-corrected chi connectivity index (χ3v) is 6.28. The number of carbonyl (C=O) groups excluding carboxylic acids is 2. The summed E-state index contributed by atoms with van der Waals surface area (Å²) >= 11 is 0. The van der Waals surface area contributed by atoms with Gasteiger partial charge in [0.15, 0.2) is 0 Å². The van der Waals surface area contributed by atoms with Crippen LogP contribution in [-0.2, 0) is 22.6 Å². The molecule has 1 aromatic carbocycles. The summed E-state index contributed by atoms with van der Waals surface area (Å²) in [5, 5.41) is 3.05.